The van der Waals surface area contributed by atoms with Gasteiger partial charge < -0.3 is 20.5 Å². The lowest BCUT2D eigenvalue weighted by atomic mass is 10.2. The first kappa shape index (κ1) is 18.1. The van der Waals surface area contributed by atoms with Gasteiger partial charge in [0.25, 0.3) is 5.91 Å². The number of rotatable bonds is 7. The summed E-state index contributed by atoms with van der Waals surface area (Å²) < 4.78 is 10.7. The number of thioether (sulfide) groups is 1. The second-order valence-corrected chi connectivity index (χ2v) is 5.87. The molecule has 0 spiro atoms. The summed E-state index contributed by atoms with van der Waals surface area (Å²) in [5.74, 6) is 0.325. The van der Waals surface area contributed by atoms with E-state index in [-0.39, 0.29) is 12.5 Å². The highest BCUT2D eigenvalue weighted by Gasteiger charge is 2.16. The second-order valence-electron chi connectivity index (χ2n) is 4.50. The van der Waals surface area contributed by atoms with Gasteiger partial charge in [-0.15, -0.1) is 5.10 Å². The first-order valence-electron chi connectivity index (χ1n) is 6.90. The maximum absolute atomic E-state index is 11.1. The molecule has 1 saturated heterocycles. The molecule has 1 aliphatic rings. The van der Waals surface area contributed by atoms with Crippen LogP contribution >= 0.6 is 23.4 Å². The van der Waals surface area contributed by atoms with Crippen molar-refractivity contribution >= 4 is 46.6 Å². The number of halogens is 1. The topological polar surface area (TPSA) is 115 Å². The highest BCUT2D eigenvalue weighted by molar-refractivity contribution is 8.15. The molecule has 10 heteroatoms. The van der Waals surface area contributed by atoms with Gasteiger partial charge in [-0.1, -0.05) is 23.4 Å². The van der Waals surface area contributed by atoms with Crippen LogP contribution in [-0.2, 0) is 9.59 Å². The molecular formula is C14H15ClN4O4S. The third kappa shape index (κ3) is 5.14. The Labute approximate surface area is 147 Å². The first-order valence-corrected chi connectivity index (χ1v) is 8.27. The summed E-state index contributed by atoms with van der Waals surface area (Å²) in [6.45, 7) is 1.93. The molecule has 1 aliphatic heterocycles. The van der Waals surface area contributed by atoms with Crippen LogP contribution in [0.3, 0.4) is 0 Å². The Balaban J connectivity index is 2.18. The average molecular weight is 371 g/mol. The van der Waals surface area contributed by atoms with Crippen molar-refractivity contribution in [1.29, 1.82) is 0 Å². The molecule has 1 aromatic carbocycles. The van der Waals surface area contributed by atoms with E-state index < -0.39 is 5.91 Å². The third-order valence-corrected chi connectivity index (χ3v) is 3.86. The van der Waals surface area contributed by atoms with E-state index in [0.717, 1.165) is 0 Å². The Kier molecular flexibility index (Phi) is 6.44. The van der Waals surface area contributed by atoms with Crippen LogP contribution < -0.4 is 20.5 Å². The minimum Gasteiger partial charge on any atom is -0.490 e. The van der Waals surface area contributed by atoms with Gasteiger partial charge in [0.05, 0.1) is 23.6 Å². The zero-order valence-electron chi connectivity index (χ0n) is 12.7. The van der Waals surface area contributed by atoms with Crippen LogP contribution in [0.1, 0.15) is 12.5 Å². The first-order chi connectivity index (χ1) is 11.5. The van der Waals surface area contributed by atoms with Gasteiger partial charge in [-0.25, -0.2) is 0 Å². The number of ether oxygens (including phenoxy) is 2. The van der Waals surface area contributed by atoms with Crippen LogP contribution in [0, 0.1) is 0 Å². The SMILES string of the molecule is CCOc1cc(C=NN=C2NC(=O)CS2)c(Cl)cc1OCC(N)=O. The van der Waals surface area contributed by atoms with Crippen molar-refractivity contribution in [3.05, 3.63) is 22.7 Å². The number of amidine groups is 1. The van der Waals surface area contributed by atoms with E-state index in [9.17, 15) is 9.59 Å². The number of primary amides is 1. The van der Waals surface area contributed by atoms with Crippen LogP contribution in [0.5, 0.6) is 11.5 Å². The van der Waals surface area contributed by atoms with E-state index in [2.05, 4.69) is 15.5 Å². The van der Waals surface area contributed by atoms with E-state index in [4.69, 9.17) is 26.8 Å². The van der Waals surface area contributed by atoms with Crippen molar-refractivity contribution in [3.8, 4) is 11.5 Å². The molecule has 0 bridgehead atoms. The van der Waals surface area contributed by atoms with E-state index in [0.29, 0.717) is 39.6 Å². The van der Waals surface area contributed by atoms with Crippen LogP contribution in [0.2, 0.25) is 5.02 Å². The molecule has 1 aromatic rings. The van der Waals surface area contributed by atoms with Gasteiger partial charge in [0, 0.05) is 11.6 Å². The molecular weight excluding hydrogens is 356 g/mol. The van der Waals surface area contributed by atoms with Crippen molar-refractivity contribution in [2.75, 3.05) is 19.0 Å². The standard InChI is InChI=1S/C14H15ClN4O4S/c1-2-22-10-3-8(5-17-19-14-18-13(21)7-24-14)9(15)4-11(10)23-6-12(16)20/h3-5H,2,6-7H2,1H3,(H2,16,20)(H,18,19,21). The molecule has 0 aromatic heterocycles. The number of nitrogens with zero attached hydrogens (tertiary/aromatic N) is 2. The summed E-state index contributed by atoms with van der Waals surface area (Å²) in [5.41, 5.74) is 5.61. The lowest BCUT2D eigenvalue weighted by molar-refractivity contribution is -0.120. The fourth-order valence-corrected chi connectivity index (χ4v) is 2.54. The van der Waals surface area contributed by atoms with Crippen molar-refractivity contribution in [1.82, 2.24) is 5.32 Å². The summed E-state index contributed by atoms with van der Waals surface area (Å²) in [5, 5.41) is 11.1. The van der Waals surface area contributed by atoms with Gasteiger partial charge in [-0.2, -0.15) is 5.10 Å². The van der Waals surface area contributed by atoms with Crippen LogP contribution in [-0.4, -0.2) is 42.2 Å². The molecule has 8 nitrogen and oxygen atoms in total. The molecule has 2 amide bonds. The monoisotopic (exact) mass is 370 g/mol. The van der Waals surface area contributed by atoms with Gasteiger partial charge in [0.2, 0.25) is 5.91 Å². The molecule has 0 unspecified atom stereocenters. The van der Waals surface area contributed by atoms with E-state index in [1.54, 1.807) is 6.07 Å². The van der Waals surface area contributed by atoms with Crippen molar-refractivity contribution < 1.29 is 19.1 Å². The number of nitrogens with two attached hydrogens (primary N) is 1. The second kappa shape index (κ2) is 8.55. The molecule has 3 N–H and O–H groups in total. The lowest BCUT2D eigenvalue weighted by Gasteiger charge is -2.12. The molecule has 0 saturated carbocycles. The Bertz CT molecular complexity index is 708. The Morgan fingerprint density at radius 1 is 1.46 bits per heavy atom. The van der Waals surface area contributed by atoms with Crippen molar-refractivity contribution in [2.24, 2.45) is 15.9 Å². The van der Waals surface area contributed by atoms with E-state index >= 15 is 0 Å². The van der Waals surface area contributed by atoms with Crippen LogP contribution in [0.4, 0.5) is 0 Å². The number of nitrogens with one attached hydrogen (secondary N) is 1. The highest BCUT2D eigenvalue weighted by Crippen LogP contribution is 2.33. The number of benzene rings is 1. The normalized spacial score (nSPS) is 15.8. The fraction of sp³-hybridized carbons (Fsp3) is 0.286. The van der Waals surface area contributed by atoms with Gasteiger partial charge >= 0.3 is 0 Å². The quantitative estimate of drug-likeness (QED) is 0.552. The molecule has 2 rings (SSSR count). The third-order valence-electron chi connectivity index (χ3n) is 2.66. The number of carbonyl (C=O) groups excluding carboxylic acids is 2. The molecule has 0 aliphatic carbocycles. The number of amides is 2. The summed E-state index contributed by atoms with van der Waals surface area (Å²) in [4.78, 5) is 21.9. The van der Waals surface area contributed by atoms with E-state index in [1.807, 2.05) is 6.92 Å². The number of hydrogen-bond donors (Lipinski definition) is 2. The Morgan fingerprint density at radius 3 is 2.83 bits per heavy atom. The highest BCUT2D eigenvalue weighted by atomic mass is 35.5. The predicted octanol–water partition coefficient (Wildman–Crippen LogP) is 1.16. The maximum atomic E-state index is 11.1. The smallest absolute Gasteiger partial charge is 0.255 e. The summed E-state index contributed by atoms with van der Waals surface area (Å²) in [6, 6.07) is 3.13. The molecule has 1 heterocycles. The molecule has 0 atom stereocenters. The summed E-state index contributed by atoms with van der Waals surface area (Å²) >= 11 is 7.44. The molecule has 128 valence electrons. The number of hydrogen-bond acceptors (Lipinski definition) is 7. The minimum absolute atomic E-state index is 0.110. The predicted molar refractivity (Wildman–Crippen MR) is 92.9 cm³/mol. The van der Waals surface area contributed by atoms with Gasteiger partial charge in [0.15, 0.2) is 23.3 Å². The van der Waals surface area contributed by atoms with E-state index in [1.165, 1.54) is 24.0 Å². The fourth-order valence-electron chi connectivity index (χ4n) is 1.70. The largest absolute Gasteiger partial charge is 0.490 e. The van der Waals surface area contributed by atoms with Gasteiger partial charge in [-0.05, 0) is 13.0 Å². The zero-order valence-corrected chi connectivity index (χ0v) is 14.3. The lowest BCUT2D eigenvalue weighted by Crippen LogP contribution is -2.20. The zero-order chi connectivity index (χ0) is 17.5. The Morgan fingerprint density at radius 2 is 2.21 bits per heavy atom. The van der Waals surface area contributed by atoms with Crippen molar-refractivity contribution in [2.45, 2.75) is 6.92 Å². The molecule has 0 radical (unpaired) electrons. The van der Waals surface area contributed by atoms with Crippen LogP contribution in [0.25, 0.3) is 0 Å². The van der Waals surface area contributed by atoms with Gasteiger partial charge in [0.1, 0.15) is 0 Å². The summed E-state index contributed by atoms with van der Waals surface area (Å²) in [7, 11) is 0. The van der Waals surface area contributed by atoms with Gasteiger partial charge in [-0.3, -0.25) is 9.59 Å². The molecule has 1 fully saturated rings. The van der Waals surface area contributed by atoms with Crippen LogP contribution in [0.15, 0.2) is 22.3 Å². The Hall–Kier alpha value is -2.26. The molecule has 24 heavy (non-hydrogen) atoms. The number of carbonyl (C=O) groups is 2. The minimum atomic E-state index is -0.605. The maximum Gasteiger partial charge on any atom is 0.255 e. The summed E-state index contributed by atoms with van der Waals surface area (Å²) in [6.07, 6.45) is 1.43. The van der Waals surface area contributed by atoms with Crippen molar-refractivity contribution in [3.63, 3.8) is 0 Å². The average Bonchev–Trinajstić information content (AvgIpc) is 2.94.